The highest BCUT2D eigenvalue weighted by Gasteiger charge is 2.10. The molecule has 2 aromatic rings. The molecule has 1 aromatic carbocycles. The summed E-state index contributed by atoms with van der Waals surface area (Å²) in [5.41, 5.74) is 4.16. The van der Waals surface area contributed by atoms with Crippen molar-refractivity contribution in [3.63, 3.8) is 0 Å². The van der Waals surface area contributed by atoms with Crippen molar-refractivity contribution in [1.29, 1.82) is 0 Å². The van der Waals surface area contributed by atoms with E-state index >= 15 is 0 Å². The summed E-state index contributed by atoms with van der Waals surface area (Å²) in [6.45, 7) is 0. The van der Waals surface area contributed by atoms with E-state index in [1.54, 1.807) is 11.3 Å². The largest absolute Gasteiger partial charge is 0.271 e. The molecule has 1 heterocycles. The molecule has 17 heavy (non-hydrogen) atoms. The van der Waals surface area contributed by atoms with Gasteiger partial charge in [0.25, 0.3) is 0 Å². The number of hydrogen-bond acceptors (Lipinski definition) is 3. The molecule has 0 radical (unpaired) electrons. The molecular weight excluding hydrogens is 252 g/mol. The van der Waals surface area contributed by atoms with Crippen molar-refractivity contribution in [2.75, 3.05) is 0 Å². The Labute approximate surface area is 110 Å². The second-order valence-electron chi connectivity index (χ2n) is 3.96. The third kappa shape index (κ3) is 3.82. The molecule has 0 spiro atoms. The van der Waals surface area contributed by atoms with Gasteiger partial charge >= 0.3 is 0 Å². The highest BCUT2D eigenvalue weighted by Crippen LogP contribution is 2.23. The summed E-state index contributed by atoms with van der Waals surface area (Å²) in [5.74, 6) is 5.60. The van der Waals surface area contributed by atoms with Gasteiger partial charge in [0.15, 0.2) is 0 Å². The zero-order valence-corrected chi connectivity index (χ0v) is 11.0. The van der Waals surface area contributed by atoms with E-state index < -0.39 is 0 Å². The normalized spacial score (nSPS) is 12.6. The Balaban J connectivity index is 1.98. The summed E-state index contributed by atoms with van der Waals surface area (Å²) >= 11 is 7.53. The van der Waals surface area contributed by atoms with Gasteiger partial charge in [-0.3, -0.25) is 11.3 Å². The Hall–Kier alpha value is -0.870. The van der Waals surface area contributed by atoms with Gasteiger partial charge in [-0.05, 0) is 30.5 Å². The Bertz CT molecular complexity index is 455. The number of halogens is 1. The fourth-order valence-electron chi connectivity index (χ4n) is 1.79. The first-order valence-electron chi connectivity index (χ1n) is 5.52. The van der Waals surface area contributed by atoms with Crippen molar-refractivity contribution >= 4 is 22.9 Å². The maximum Gasteiger partial charge on any atom is 0.0931 e. The predicted molar refractivity (Wildman–Crippen MR) is 74.3 cm³/mol. The maximum absolute atomic E-state index is 5.91. The molecule has 0 amide bonds. The molecule has 0 aliphatic rings. The highest BCUT2D eigenvalue weighted by atomic mass is 35.5. The number of nitrogens with one attached hydrogen (secondary N) is 1. The van der Waals surface area contributed by atoms with Crippen molar-refractivity contribution in [3.05, 3.63) is 57.2 Å². The van der Waals surface area contributed by atoms with Crippen LogP contribution in [-0.4, -0.2) is 6.04 Å². The molecule has 4 heteroatoms. The molecule has 3 N–H and O–H groups in total. The summed E-state index contributed by atoms with van der Waals surface area (Å²) < 4.78 is 0.829. The van der Waals surface area contributed by atoms with Gasteiger partial charge in [-0.1, -0.05) is 41.9 Å². The van der Waals surface area contributed by atoms with Crippen LogP contribution in [0.4, 0.5) is 0 Å². The van der Waals surface area contributed by atoms with Crippen LogP contribution in [0.1, 0.15) is 10.4 Å². The highest BCUT2D eigenvalue weighted by molar-refractivity contribution is 7.16. The lowest BCUT2D eigenvalue weighted by molar-refractivity contribution is 0.526. The van der Waals surface area contributed by atoms with Crippen LogP contribution in [0.3, 0.4) is 0 Å². The molecule has 1 unspecified atom stereocenters. The van der Waals surface area contributed by atoms with E-state index in [0.29, 0.717) is 0 Å². The van der Waals surface area contributed by atoms with E-state index in [0.717, 1.165) is 17.2 Å². The second kappa shape index (κ2) is 6.17. The Morgan fingerprint density at radius 1 is 1.12 bits per heavy atom. The molecule has 1 aromatic heterocycles. The lowest BCUT2D eigenvalue weighted by Gasteiger charge is -2.14. The smallest absolute Gasteiger partial charge is 0.0931 e. The monoisotopic (exact) mass is 266 g/mol. The molecule has 0 aliphatic carbocycles. The Morgan fingerprint density at radius 2 is 1.88 bits per heavy atom. The molecule has 2 nitrogen and oxygen atoms in total. The van der Waals surface area contributed by atoms with Gasteiger partial charge in [-0.15, -0.1) is 11.3 Å². The van der Waals surface area contributed by atoms with Crippen LogP contribution in [0.15, 0.2) is 42.5 Å². The number of benzene rings is 1. The molecule has 0 fully saturated rings. The lowest BCUT2D eigenvalue weighted by Crippen LogP contribution is -2.38. The standard InChI is InChI=1S/C13H15ClN2S/c14-13-7-6-12(17-13)9-11(16-15)8-10-4-2-1-3-5-10/h1-7,11,16H,8-9,15H2. The summed E-state index contributed by atoms with van der Waals surface area (Å²) in [5, 5.41) is 0. The minimum absolute atomic E-state index is 0.243. The number of hydrogen-bond donors (Lipinski definition) is 2. The first kappa shape index (κ1) is 12.6. The van der Waals surface area contributed by atoms with Crippen LogP contribution in [0.25, 0.3) is 0 Å². The van der Waals surface area contributed by atoms with Crippen LogP contribution in [0.5, 0.6) is 0 Å². The van der Waals surface area contributed by atoms with Crippen LogP contribution in [0.2, 0.25) is 4.34 Å². The summed E-state index contributed by atoms with van der Waals surface area (Å²) in [6.07, 6.45) is 1.83. The minimum Gasteiger partial charge on any atom is -0.271 e. The quantitative estimate of drug-likeness (QED) is 0.645. The van der Waals surface area contributed by atoms with E-state index in [1.165, 1.54) is 10.4 Å². The molecule has 90 valence electrons. The van der Waals surface area contributed by atoms with E-state index in [4.69, 9.17) is 17.4 Å². The zero-order valence-electron chi connectivity index (χ0n) is 9.40. The van der Waals surface area contributed by atoms with Crippen molar-refractivity contribution in [2.45, 2.75) is 18.9 Å². The molecule has 0 bridgehead atoms. The van der Waals surface area contributed by atoms with Crippen molar-refractivity contribution < 1.29 is 0 Å². The Kier molecular flexibility index (Phi) is 4.57. The molecule has 0 saturated carbocycles. The number of thiophene rings is 1. The first-order chi connectivity index (χ1) is 8.28. The van der Waals surface area contributed by atoms with Gasteiger partial charge in [0.1, 0.15) is 0 Å². The molecule has 0 saturated heterocycles. The maximum atomic E-state index is 5.91. The van der Waals surface area contributed by atoms with Crippen LogP contribution in [-0.2, 0) is 12.8 Å². The van der Waals surface area contributed by atoms with E-state index in [-0.39, 0.29) is 6.04 Å². The number of hydrazine groups is 1. The molecule has 2 rings (SSSR count). The summed E-state index contributed by atoms with van der Waals surface area (Å²) in [4.78, 5) is 1.26. The fraction of sp³-hybridized carbons (Fsp3) is 0.231. The van der Waals surface area contributed by atoms with Crippen molar-refractivity contribution in [1.82, 2.24) is 5.43 Å². The second-order valence-corrected chi connectivity index (χ2v) is 5.76. The van der Waals surface area contributed by atoms with E-state index in [1.807, 2.05) is 24.3 Å². The summed E-state index contributed by atoms with van der Waals surface area (Å²) in [6, 6.07) is 14.6. The van der Waals surface area contributed by atoms with Gasteiger partial charge < -0.3 is 0 Å². The van der Waals surface area contributed by atoms with Gasteiger partial charge in [0.05, 0.1) is 4.34 Å². The Morgan fingerprint density at radius 3 is 2.47 bits per heavy atom. The first-order valence-corrected chi connectivity index (χ1v) is 6.71. The van der Waals surface area contributed by atoms with Gasteiger partial charge in [-0.25, -0.2) is 0 Å². The van der Waals surface area contributed by atoms with Crippen molar-refractivity contribution in [2.24, 2.45) is 5.84 Å². The van der Waals surface area contributed by atoms with Gasteiger partial charge in [0.2, 0.25) is 0 Å². The van der Waals surface area contributed by atoms with Gasteiger partial charge in [-0.2, -0.15) is 0 Å². The van der Waals surface area contributed by atoms with Crippen LogP contribution in [0, 0.1) is 0 Å². The van der Waals surface area contributed by atoms with Gasteiger partial charge in [0, 0.05) is 10.9 Å². The molecular formula is C13H15ClN2S. The van der Waals surface area contributed by atoms with E-state index in [2.05, 4.69) is 23.6 Å². The fourth-order valence-corrected chi connectivity index (χ4v) is 2.96. The predicted octanol–water partition coefficient (Wildman–Crippen LogP) is 3.02. The third-order valence-corrected chi connectivity index (χ3v) is 3.89. The SMILES string of the molecule is NNC(Cc1ccccc1)Cc1ccc(Cl)s1. The minimum atomic E-state index is 0.243. The number of nitrogens with two attached hydrogens (primary N) is 1. The van der Waals surface area contributed by atoms with Crippen molar-refractivity contribution in [3.8, 4) is 0 Å². The average Bonchev–Trinajstić information content (AvgIpc) is 2.75. The van der Waals surface area contributed by atoms with Crippen LogP contribution >= 0.6 is 22.9 Å². The number of rotatable bonds is 5. The van der Waals surface area contributed by atoms with E-state index in [9.17, 15) is 0 Å². The average molecular weight is 267 g/mol. The zero-order chi connectivity index (χ0) is 12.1. The molecule has 1 atom stereocenters. The summed E-state index contributed by atoms with van der Waals surface area (Å²) in [7, 11) is 0. The molecule has 0 aliphatic heterocycles. The topological polar surface area (TPSA) is 38.0 Å². The van der Waals surface area contributed by atoms with Crippen LogP contribution < -0.4 is 11.3 Å². The third-order valence-electron chi connectivity index (χ3n) is 2.64. The lowest BCUT2D eigenvalue weighted by atomic mass is 10.0.